The van der Waals surface area contributed by atoms with Crippen LogP contribution in [0.3, 0.4) is 0 Å². The highest BCUT2D eigenvalue weighted by Gasteiger charge is 2.06. The van der Waals surface area contributed by atoms with Crippen molar-refractivity contribution >= 4 is 27.5 Å². The standard InChI is InChI=1S/C12H18BrN3O2/c1-8-3-4-10(7-11(8)13)15-5-6-18-9(2)12(14)16-17/h3-4,7,9,15,17H,5-6H2,1-2H3,(H2,14,16). The first-order valence-corrected chi connectivity index (χ1v) is 6.43. The van der Waals surface area contributed by atoms with Gasteiger partial charge in [0.2, 0.25) is 0 Å². The van der Waals surface area contributed by atoms with E-state index in [-0.39, 0.29) is 11.9 Å². The monoisotopic (exact) mass is 315 g/mol. The van der Waals surface area contributed by atoms with E-state index in [1.807, 2.05) is 25.1 Å². The van der Waals surface area contributed by atoms with Gasteiger partial charge in [-0.15, -0.1) is 0 Å². The molecule has 0 amide bonds. The van der Waals surface area contributed by atoms with Crippen LogP contribution < -0.4 is 11.1 Å². The molecule has 1 unspecified atom stereocenters. The van der Waals surface area contributed by atoms with Crippen LogP contribution in [0.5, 0.6) is 0 Å². The Bertz CT molecular complexity index is 424. The zero-order valence-corrected chi connectivity index (χ0v) is 12.1. The minimum absolute atomic E-state index is 0.0769. The van der Waals surface area contributed by atoms with E-state index in [2.05, 4.69) is 26.4 Å². The van der Waals surface area contributed by atoms with Gasteiger partial charge in [-0.1, -0.05) is 27.2 Å². The summed E-state index contributed by atoms with van der Waals surface area (Å²) in [7, 11) is 0. The summed E-state index contributed by atoms with van der Waals surface area (Å²) in [5.74, 6) is 0.0769. The summed E-state index contributed by atoms with van der Waals surface area (Å²) in [5.41, 5.74) is 7.61. The second kappa shape index (κ2) is 7.23. The molecule has 1 aromatic carbocycles. The average Bonchev–Trinajstić information content (AvgIpc) is 2.37. The first-order chi connectivity index (χ1) is 8.54. The fraction of sp³-hybridized carbons (Fsp3) is 0.417. The molecule has 0 bridgehead atoms. The Morgan fingerprint density at radius 2 is 2.33 bits per heavy atom. The Kier molecular flexibility index (Phi) is 5.94. The van der Waals surface area contributed by atoms with E-state index in [1.165, 1.54) is 5.56 Å². The van der Waals surface area contributed by atoms with Gasteiger partial charge >= 0.3 is 0 Å². The highest BCUT2D eigenvalue weighted by molar-refractivity contribution is 9.10. The molecule has 18 heavy (non-hydrogen) atoms. The fourth-order valence-electron chi connectivity index (χ4n) is 1.30. The molecule has 1 aromatic rings. The van der Waals surface area contributed by atoms with Gasteiger partial charge in [-0.05, 0) is 31.5 Å². The second-order valence-corrected chi connectivity index (χ2v) is 4.78. The maximum Gasteiger partial charge on any atom is 0.168 e. The second-order valence-electron chi connectivity index (χ2n) is 3.93. The largest absolute Gasteiger partial charge is 0.409 e. The van der Waals surface area contributed by atoms with Crippen LogP contribution in [-0.2, 0) is 4.74 Å². The number of amidine groups is 1. The van der Waals surface area contributed by atoms with Gasteiger partial charge in [0.05, 0.1) is 6.61 Å². The molecule has 0 fully saturated rings. The highest BCUT2D eigenvalue weighted by Crippen LogP contribution is 2.20. The lowest BCUT2D eigenvalue weighted by molar-refractivity contribution is 0.115. The van der Waals surface area contributed by atoms with Gasteiger partial charge in [-0.3, -0.25) is 0 Å². The van der Waals surface area contributed by atoms with Crippen molar-refractivity contribution in [1.29, 1.82) is 0 Å². The van der Waals surface area contributed by atoms with Gasteiger partial charge < -0.3 is 21.0 Å². The third-order valence-electron chi connectivity index (χ3n) is 2.50. The maximum absolute atomic E-state index is 8.46. The zero-order valence-electron chi connectivity index (χ0n) is 10.5. The molecule has 0 spiro atoms. The number of nitrogens with zero attached hydrogens (tertiary/aromatic N) is 1. The number of ether oxygens (including phenoxy) is 1. The quantitative estimate of drug-likeness (QED) is 0.247. The summed E-state index contributed by atoms with van der Waals surface area (Å²) in [6, 6.07) is 6.06. The van der Waals surface area contributed by atoms with Crippen molar-refractivity contribution in [3.05, 3.63) is 28.2 Å². The predicted octanol–water partition coefficient (Wildman–Crippen LogP) is 2.32. The van der Waals surface area contributed by atoms with Crippen molar-refractivity contribution in [3.8, 4) is 0 Å². The Morgan fingerprint density at radius 3 is 2.94 bits per heavy atom. The molecule has 0 saturated heterocycles. The first-order valence-electron chi connectivity index (χ1n) is 5.63. The SMILES string of the molecule is Cc1ccc(NCCOC(C)/C(N)=N/O)cc1Br. The summed E-state index contributed by atoms with van der Waals surface area (Å²) >= 11 is 3.48. The van der Waals surface area contributed by atoms with Crippen LogP contribution in [0.15, 0.2) is 27.8 Å². The molecule has 0 aliphatic heterocycles. The summed E-state index contributed by atoms with van der Waals surface area (Å²) in [6.45, 7) is 4.90. The van der Waals surface area contributed by atoms with Gasteiger partial charge in [0.25, 0.3) is 0 Å². The molecule has 0 saturated carbocycles. The number of anilines is 1. The predicted molar refractivity (Wildman–Crippen MR) is 76.2 cm³/mol. The van der Waals surface area contributed by atoms with Gasteiger partial charge in [-0.25, -0.2) is 0 Å². The number of hydrogen-bond acceptors (Lipinski definition) is 4. The molecule has 1 atom stereocenters. The van der Waals surface area contributed by atoms with Gasteiger partial charge in [0.15, 0.2) is 5.84 Å². The number of oxime groups is 1. The van der Waals surface area contributed by atoms with Crippen LogP contribution in [0.25, 0.3) is 0 Å². The number of hydrogen-bond donors (Lipinski definition) is 3. The number of rotatable bonds is 6. The Balaban J connectivity index is 2.32. The molecule has 1 rings (SSSR count). The minimum atomic E-state index is -0.387. The molecular weight excluding hydrogens is 298 g/mol. The Labute approximate surface area is 115 Å². The minimum Gasteiger partial charge on any atom is -0.409 e. The number of nitrogens with one attached hydrogen (secondary N) is 1. The third-order valence-corrected chi connectivity index (χ3v) is 3.36. The Morgan fingerprint density at radius 1 is 1.61 bits per heavy atom. The van der Waals surface area contributed by atoms with Crippen molar-refractivity contribution in [2.24, 2.45) is 10.9 Å². The normalized spacial score (nSPS) is 13.4. The smallest absolute Gasteiger partial charge is 0.168 e. The Hall–Kier alpha value is -1.27. The number of benzene rings is 1. The number of halogens is 1. The lowest BCUT2D eigenvalue weighted by atomic mass is 10.2. The van der Waals surface area contributed by atoms with E-state index in [9.17, 15) is 0 Å². The molecule has 4 N–H and O–H groups in total. The lowest BCUT2D eigenvalue weighted by Crippen LogP contribution is -2.30. The van der Waals surface area contributed by atoms with Crippen molar-refractivity contribution in [1.82, 2.24) is 0 Å². The number of aryl methyl sites for hydroxylation is 1. The summed E-state index contributed by atoms with van der Waals surface area (Å²) in [6.07, 6.45) is -0.387. The van der Waals surface area contributed by atoms with Crippen LogP contribution in [0, 0.1) is 6.92 Å². The van der Waals surface area contributed by atoms with Gasteiger partial charge in [0.1, 0.15) is 6.10 Å². The number of nitrogens with two attached hydrogens (primary N) is 1. The highest BCUT2D eigenvalue weighted by atomic mass is 79.9. The topological polar surface area (TPSA) is 79.9 Å². The van der Waals surface area contributed by atoms with Crippen molar-refractivity contribution < 1.29 is 9.94 Å². The van der Waals surface area contributed by atoms with E-state index >= 15 is 0 Å². The first kappa shape index (κ1) is 14.8. The fourth-order valence-corrected chi connectivity index (χ4v) is 1.68. The molecule has 0 heterocycles. The van der Waals surface area contributed by atoms with Crippen LogP contribution in [-0.4, -0.2) is 30.3 Å². The average molecular weight is 316 g/mol. The lowest BCUT2D eigenvalue weighted by Gasteiger charge is -2.12. The molecule has 5 nitrogen and oxygen atoms in total. The molecule has 0 aliphatic carbocycles. The van der Waals surface area contributed by atoms with E-state index in [0.29, 0.717) is 13.2 Å². The van der Waals surface area contributed by atoms with E-state index in [0.717, 1.165) is 10.2 Å². The molecule has 0 radical (unpaired) electrons. The maximum atomic E-state index is 8.46. The van der Waals surface area contributed by atoms with Crippen LogP contribution in [0.2, 0.25) is 0 Å². The summed E-state index contributed by atoms with van der Waals surface area (Å²) in [4.78, 5) is 0. The third kappa shape index (κ3) is 4.54. The molecular formula is C12H18BrN3O2. The van der Waals surface area contributed by atoms with E-state index < -0.39 is 0 Å². The molecule has 100 valence electrons. The van der Waals surface area contributed by atoms with Crippen molar-refractivity contribution in [3.63, 3.8) is 0 Å². The van der Waals surface area contributed by atoms with Crippen LogP contribution in [0.1, 0.15) is 12.5 Å². The molecule has 0 aliphatic rings. The zero-order chi connectivity index (χ0) is 13.5. The van der Waals surface area contributed by atoms with Gasteiger partial charge in [0, 0.05) is 16.7 Å². The van der Waals surface area contributed by atoms with Gasteiger partial charge in [-0.2, -0.15) is 0 Å². The van der Waals surface area contributed by atoms with E-state index in [4.69, 9.17) is 15.7 Å². The van der Waals surface area contributed by atoms with Crippen LogP contribution >= 0.6 is 15.9 Å². The summed E-state index contributed by atoms with van der Waals surface area (Å²) < 4.78 is 6.45. The van der Waals surface area contributed by atoms with E-state index in [1.54, 1.807) is 6.92 Å². The summed E-state index contributed by atoms with van der Waals surface area (Å²) in [5, 5.41) is 14.6. The molecule has 0 aromatic heterocycles. The van der Waals surface area contributed by atoms with Crippen molar-refractivity contribution in [2.75, 3.05) is 18.5 Å². The van der Waals surface area contributed by atoms with Crippen LogP contribution in [0.4, 0.5) is 5.69 Å². The van der Waals surface area contributed by atoms with Crippen molar-refractivity contribution in [2.45, 2.75) is 20.0 Å². The molecule has 6 heteroatoms.